The Morgan fingerprint density at radius 1 is 1.32 bits per heavy atom. The molecule has 1 amide bonds. The van der Waals surface area contributed by atoms with Crippen molar-refractivity contribution in [1.29, 1.82) is 5.26 Å². The van der Waals surface area contributed by atoms with Crippen molar-refractivity contribution in [3.63, 3.8) is 0 Å². The molecule has 3 rings (SSSR count). The molecule has 0 radical (unpaired) electrons. The minimum atomic E-state index is -3.25. The summed E-state index contributed by atoms with van der Waals surface area (Å²) in [6, 6.07) is 7.61. The number of rotatable bonds is 6. The van der Waals surface area contributed by atoms with Gasteiger partial charge in [-0.05, 0) is 24.3 Å². The number of amides is 1. The molecule has 0 aliphatic rings. The van der Waals surface area contributed by atoms with Gasteiger partial charge in [0.25, 0.3) is 11.8 Å². The van der Waals surface area contributed by atoms with Crippen LogP contribution in [0.1, 0.15) is 34.1 Å². The third kappa shape index (κ3) is 4.76. The minimum absolute atomic E-state index is 0.0356. The zero-order chi connectivity index (χ0) is 22.9. The fraction of sp³-hybridized carbons (Fsp3) is 0.150. The summed E-state index contributed by atoms with van der Waals surface area (Å²) in [5.74, 6) is -5.64. The SMILES string of the molecule is CC(F)(F)c1cc(C#N)cc(Oc2c(Cl)ccc(Cn3cnc(Cl)c3C(N)=O)c2F)c1. The van der Waals surface area contributed by atoms with Gasteiger partial charge in [0.05, 0.1) is 29.5 Å². The van der Waals surface area contributed by atoms with Crippen molar-refractivity contribution >= 4 is 29.1 Å². The number of carbonyl (C=O) groups excluding carboxylic acids is 1. The first kappa shape index (κ1) is 22.5. The van der Waals surface area contributed by atoms with Gasteiger partial charge < -0.3 is 15.0 Å². The van der Waals surface area contributed by atoms with Crippen LogP contribution in [0.2, 0.25) is 10.2 Å². The molecule has 0 saturated heterocycles. The van der Waals surface area contributed by atoms with Crippen LogP contribution in [0.4, 0.5) is 13.2 Å². The van der Waals surface area contributed by atoms with Crippen LogP contribution in [0.5, 0.6) is 11.5 Å². The highest BCUT2D eigenvalue weighted by Gasteiger charge is 2.26. The van der Waals surface area contributed by atoms with Gasteiger partial charge in [0, 0.05) is 18.1 Å². The fourth-order valence-electron chi connectivity index (χ4n) is 2.79. The first-order chi connectivity index (χ1) is 14.5. The number of alkyl halides is 2. The molecule has 0 aliphatic carbocycles. The number of nitrogens with zero attached hydrogens (tertiary/aromatic N) is 3. The molecular weight excluding hydrogens is 456 g/mol. The van der Waals surface area contributed by atoms with E-state index in [1.165, 1.54) is 29.1 Å². The van der Waals surface area contributed by atoms with Crippen LogP contribution in [0.25, 0.3) is 0 Å². The Kier molecular flexibility index (Phi) is 6.15. The van der Waals surface area contributed by atoms with Crippen molar-refractivity contribution in [2.75, 3.05) is 0 Å². The molecule has 2 N–H and O–H groups in total. The molecule has 0 saturated carbocycles. The van der Waals surface area contributed by atoms with Gasteiger partial charge in [-0.1, -0.05) is 29.3 Å². The summed E-state index contributed by atoms with van der Waals surface area (Å²) < 4.78 is 49.3. The molecule has 1 aromatic heterocycles. The van der Waals surface area contributed by atoms with Crippen LogP contribution in [0, 0.1) is 17.1 Å². The molecule has 6 nitrogen and oxygen atoms in total. The molecule has 0 spiro atoms. The summed E-state index contributed by atoms with van der Waals surface area (Å²) in [4.78, 5) is 15.3. The molecular formula is C20H13Cl2F3N4O2. The van der Waals surface area contributed by atoms with Gasteiger partial charge in [-0.25, -0.2) is 18.2 Å². The number of nitriles is 1. The van der Waals surface area contributed by atoms with Crippen molar-refractivity contribution in [3.05, 3.63) is 75.0 Å². The van der Waals surface area contributed by atoms with Gasteiger partial charge in [-0.15, -0.1) is 0 Å². The smallest absolute Gasteiger partial charge is 0.270 e. The minimum Gasteiger partial charge on any atom is -0.453 e. The molecule has 11 heteroatoms. The summed E-state index contributed by atoms with van der Waals surface area (Å²) >= 11 is 11.9. The third-order valence-corrected chi connectivity index (χ3v) is 4.83. The first-order valence-corrected chi connectivity index (χ1v) is 9.35. The summed E-state index contributed by atoms with van der Waals surface area (Å²) in [5, 5.41) is 8.83. The Morgan fingerprint density at radius 2 is 2.03 bits per heavy atom. The third-order valence-electron chi connectivity index (χ3n) is 4.26. The highest BCUT2D eigenvalue weighted by Crippen LogP contribution is 2.37. The summed E-state index contributed by atoms with van der Waals surface area (Å²) in [5.41, 5.74) is 4.62. The molecule has 0 bridgehead atoms. The summed E-state index contributed by atoms with van der Waals surface area (Å²) in [7, 11) is 0. The van der Waals surface area contributed by atoms with Crippen LogP contribution >= 0.6 is 23.2 Å². The highest BCUT2D eigenvalue weighted by atomic mass is 35.5. The van der Waals surface area contributed by atoms with Gasteiger partial charge in [-0.3, -0.25) is 4.79 Å². The number of benzene rings is 2. The van der Waals surface area contributed by atoms with Crippen LogP contribution in [-0.2, 0) is 12.5 Å². The molecule has 0 unspecified atom stereocenters. The monoisotopic (exact) mass is 468 g/mol. The maximum absolute atomic E-state index is 15.2. The van der Waals surface area contributed by atoms with Crippen molar-refractivity contribution in [1.82, 2.24) is 9.55 Å². The molecule has 31 heavy (non-hydrogen) atoms. The van der Waals surface area contributed by atoms with Crippen LogP contribution < -0.4 is 10.5 Å². The van der Waals surface area contributed by atoms with E-state index < -0.39 is 29.0 Å². The van der Waals surface area contributed by atoms with E-state index in [0.717, 1.165) is 12.1 Å². The van der Waals surface area contributed by atoms with E-state index >= 15 is 4.39 Å². The quantitative estimate of drug-likeness (QED) is 0.534. The van der Waals surface area contributed by atoms with E-state index in [4.69, 9.17) is 38.9 Å². The van der Waals surface area contributed by atoms with Crippen LogP contribution in [0.15, 0.2) is 36.7 Å². The topological polar surface area (TPSA) is 93.9 Å². The molecule has 0 atom stereocenters. The maximum atomic E-state index is 15.2. The number of nitrogens with two attached hydrogens (primary N) is 1. The Labute approximate surface area is 184 Å². The zero-order valence-corrected chi connectivity index (χ0v) is 17.3. The Balaban J connectivity index is 2.01. The van der Waals surface area contributed by atoms with Gasteiger partial charge in [0.2, 0.25) is 0 Å². The molecule has 2 aromatic carbocycles. The second-order valence-corrected chi connectivity index (χ2v) is 7.34. The lowest BCUT2D eigenvalue weighted by molar-refractivity contribution is 0.0172. The van der Waals surface area contributed by atoms with Gasteiger partial charge >= 0.3 is 0 Å². The number of hydrogen-bond donors (Lipinski definition) is 1. The molecule has 160 valence electrons. The fourth-order valence-corrected chi connectivity index (χ4v) is 3.22. The summed E-state index contributed by atoms with van der Waals surface area (Å²) in [6.45, 7) is 0.474. The zero-order valence-electron chi connectivity index (χ0n) is 15.8. The van der Waals surface area contributed by atoms with Crippen molar-refractivity contribution in [2.24, 2.45) is 5.73 Å². The Bertz CT molecular complexity index is 1220. The van der Waals surface area contributed by atoms with E-state index in [0.29, 0.717) is 6.92 Å². The lowest BCUT2D eigenvalue weighted by Gasteiger charge is -2.16. The Hall–Kier alpha value is -3.22. The molecule has 3 aromatic rings. The first-order valence-electron chi connectivity index (χ1n) is 8.60. The van der Waals surface area contributed by atoms with E-state index in [2.05, 4.69) is 4.98 Å². The number of ether oxygens (including phenoxy) is 1. The van der Waals surface area contributed by atoms with Crippen LogP contribution in [-0.4, -0.2) is 15.5 Å². The standard InChI is InChI=1S/C20H13Cl2F3N4O2/c1-20(24,25)12-4-10(7-26)5-13(6-12)31-17-14(21)3-2-11(15(17)23)8-29-9-28-18(22)16(29)19(27)30/h2-6,9H,8H2,1H3,(H2,27,30). The predicted octanol–water partition coefficient (Wildman–Crippen LogP) is 5.25. The lowest BCUT2D eigenvalue weighted by Crippen LogP contribution is -2.18. The van der Waals surface area contributed by atoms with Gasteiger partial charge in [0.15, 0.2) is 16.7 Å². The maximum Gasteiger partial charge on any atom is 0.270 e. The number of imidazole rings is 1. The number of carbonyl (C=O) groups is 1. The van der Waals surface area contributed by atoms with E-state index in [9.17, 15) is 13.6 Å². The highest BCUT2D eigenvalue weighted by molar-refractivity contribution is 6.32. The predicted molar refractivity (Wildman–Crippen MR) is 107 cm³/mol. The molecule has 0 aliphatic heterocycles. The number of primary amides is 1. The van der Waals surface area contributed by atoms with Crippen molar-refractivity contribution < 1.29 is 22.7 Å². The van der Waals surface area contributed by atoms with Gasteiger partial charge in [-0.2, -0.15) is 5.26 Å². The number of hydrogen-bond acceptors (Lipinski definition) is 4. The van der Waals surface area contributed by atoms with E-state index in [-0.39, 0.29) is 39.3 Å². The van der Waals surface area contributed by atoms with E-state index in [1.54, 1.807) is 6.07 Å². The summed E-state index contributed by atoms with van der Waals surface area (Å²) in [6.07, 6.45) is 1.21. The lowest BCUT2D eigenvalue weighted by atomic mass is 10.1. The normalized spacial score (nSPS) is 11.3. The molecule has 1 heterocycles. The number of halogens is 5. The number of aromatic nitrogens is 2. The average molecular weight is 469 g/mol. The second kappa shape index (κ2) is 8.49. The average Bonchev–Trinajstić information content (AvgIpc) is 3.06. The molecule has 0 fully saturated rings. The van der Waals surface area contributed by atoms with Crippen LogP contribution in [0.3, 0.4) is 0 Å². The second-order valence-electron chi connectivity index (χ2n) is 6.57. The van der Waals surface area contributed by atoms with Crippen molar-refractivity contribution in [3.8, 4) is 17.6 Å². The largest absolute Gasteiger partial charge is 0.453 e. The van der Waals surface area contributed by atoms with Gasteiger partial charge in [0.1, 0.15) is 11.4 Å². The Morgan fingerprint density at radius 3 is 2.65 bits per heavy atom. The van der Waals surface area contributed by atoms with E-state index in [1.807, 2.05) is 0 Å². The van der Waals surface area contributed by atoms with Crippen molar-refractivity contribution in [2.45, 2.75) is 19.4 Å².